The second-order valence-electron chi connectivity index (χ2n) is 11.8. The van der Waals surface area contributed by atoms with Crippen LogP contribution in [0.5, 0.6) is 0 Å². The molecule has 10 unspecified atom stereocenters. The molecule has 1 aliphatic heterocycles. The number of nitrogens with two attached hydrogens (primary N) is 2. The van der Waals surface area contributed by atoms with Crippen LogP contribution in [-0.2, 0) is 23.8 Å². The number of rotatable bonds is 11. The third kappa shape index (κ3) is 9.46. The van der Waals surface area contributed by atoms with Gasteiger partial charge in [0.05, 0.1) is 24.9 Å². The van der Waals surface area contributed by atoms with E-state index in [1.54, 1.807) is 7.11 Å². The molecule has 1 saturated heterocycles. The second-order valence-corrected chi connectivity index (χ2v) is 11.8. The zero-order valence-corrected chi connectivity index (χ0v) is 23.1. The van der Waals surface area contributed by atoms with Crippen LogP contribution < -0.4 is 11.1 Å². The Morgan fingerprint density at radius 3 is 2.30 bits per heavy atom. The van der Waals surface area contributed by atoms with Crippen molar-refractivity contribution in [3.8, 4) is 0 Å². The molecule has 9 heteroatoms. The van der Waals surface area contributed by atoms with Gasteiger partial charge in [0.1, 0.15) is 18.4 Å². The molecule has 0 aromatic rings. The number of piperidine rings is 1. The average Bonchev–Trinajstić information content (AvgIpc) is 2.83. The fourth-order valence-electron chi connectivity index (χ4n) is 7.27. The minimum atomic E-state index is -0.479. The van der Waals surface area contributed by atoms with Gasteiger partial charge in [0.2, 0.25) is 0 Å². The first-order valence-electron chi connectivity index (χ1n) is 14.5. The number of ether oxygens (including phenoxy) is 3. The first kappa shape index (κ1) is 30.3. The molecule has 2 saturated carbocycles. The van der Waals surface area contributed by atoms with E-state index in [1.165, 1.54) is 13.8 Å². The predicted molar refractivity (Wildman–Crippen MR) is 138 cm³/mol. The number of carbonyl (C=O) groups is 2. The zero-order chi connectivity index (χ0) is 26.9. The first-order valence-corrected chi connectivity index (χ1v) is 14.5. The SMILES string of the molecule is COC1CC(CCC(CC(CC2CCCCC2O)OC(C)=O)OC(C)=O)C(C2CC[NH2+]C(N)C2)CC1O. The minimum Gasteiger partial charge on any atom is -0.462 e. The molecule has 3 aliphatic rings. The van der Waals surface area contributed by atoms with E-state index in [4.69, 9.17) is 19.9 Å². The van der Waals surface area contributed by atoms with Crippen molar-refractivity contribution in [3.05, 3.63) is 0 Å². The normalized spacial score (nSPS) is 36.4. The van der Waals surface area contributed by atoms with Crippen LogP contribution in [0.2, 0.25) is 0 Å². The van der Waals surface area contributed by atoms with Gasteiger partial charge in [-0.15, -0.1) is 0 Å². The lowest BCUT2D eigenvalue weighted by molar-refractivity contribution is -0.699. The zero-order valence-electron chi connectivity index (χ0n) is 23.1. The van der Waals surface area contributed by atoms with Crippen LogP contribution in [0, 0.1) is 23.7 Å². The fraction of sp³-hybridized carbons (Fsp3) is 0.929. The van der Waals surface area contributed by atoms with Crippen molar-refractivity contribution < 1.29 is 39.3 Å². The van der Waals surface area contributed by atoms with Crippen molar-refractivity contribution in [1.82, 2.24) is 0 Å². The number of aliphatic hydroxyl groups excluding tert-OH is 2. The smallest absolute Gasteiger partial charge is 0.302 e. The van der Waals surface area contributed by atoms with Crippen molar-refractivity contribution in [3.63, 3.8) is 0 Å². The Morgan fingerprint density at radius 1 is 0.946 bits per heavy atom. The quantitative estimate of drug-likeness (QED) is 0.297. The lowest BCUT2D eigenvalue weighted by Crippen LogP contribution is -2.94. The van der Waals surface area contributed by atoms with E-state index >= 15 is 0 Å². The van der Waals surface area contributed by atoms with E-state index in [-0.39, 0.29) is 42.3 Å². The Kier molecular flexibility index (Phi) is 12.1. The highest BCUT2D eigenvalue weighted by molar-refractivity contribution is 5.66. The Bertz CT molecular complexity index is 723. The van der Waals surface area contributed by atoms with Crippen LogP contribution in [0.3, 0.4) is 0 Å². The molecule has 0 amide bonds. The molecule has 0 spiro atoms. The number of hydrogen-bond acceptors (Lipinski definition) is 8. The molecular weight excluding hydrogens is 476 g/mol. The molecule has 214 valence electrons. The molecule has 0 bridgehead atoms. The monoisotopic (exact) mass is 527 g/mol. The summed E-state index contributed by atoms with van der Waals surface area (Å²) in [6.45, 7) is 3.83. The average molecular weight is 528 g/mol. The molecule has 2 aliphatic carbocycles. The number of methoxy groups -OCH3 is 1. The molecule has 0 aromatic heterocycles. The lowest BCUT2D eigenvalue weighted by Gasteiger charge is -2.44. The van der Waals surface area contributed by atoms with Gasteiger partial charge in [0.25, 0.3) is 0 Å². The van der Waals surface area contributed by atoms with Gasteiger partial charge < -0.3 is 29.7 Å². The third-order valence-electron chi connectivity index (χ3n) is 9.06. The van der Waals surface area contributed by atoms with Crippen LogP contribution in [0.15, 0.2) is 0 Å². The molecule has 0 aromatic carbocycles. The molecule has 0 radical (unpaired) electrons. The van der Waals surface area contributed by atoms with Crippen LogP contribution in [0.4, 0.5) is 0 Å². The van der Waals surface area contributed by atoms with Gasteiger partial charge in [-0.1, -0.05) is 12.8 Å². The predicted octanol–water partition coefficient (Wildman–Crippen LogP) is 1.62. The van der Waals surface area contributed by atoms with Gasteiger partial charge in [-0.2, -0.15) is 0 Å². The highest BCUT2D eigenvalue weighted by atomic mass is 16.6. The summed E-state index contributed by atoms with van der Waals surface area (Å²) >= 11 is 0. The fourth-order valence-corrected chi connectivity index (χ4v) is 7.27. The van der Waals surface area contributed by atoms with Gasteiger partial charge in [0.15, 0.2) is 0 Å². The van der Waals surface area contributed by atoms with Gasteiger partial charge in [-0.05, 0) is 75.0 Å². The number of carbonyl (C=O) groups excluding carboxylic acids is 2. The molecule has 6 N–H and O–H groups in total. The summed E-state index contributed by atoms with van der Waals surface area (Å²) in [6, 6.07) is 0. The van der Waals surface area contributed by atoms with E-state index in [0.717, 1.165) is 57.9 Å². The summed E-state index contributed by atoms with van der Waals surface area (Å²) in [7, 11) is 1.65. The summed E-state index contributed by atoms with van der Waals surface area (Å²) in [4.78, 5) is 23.9. The van der Waals surface area contributed by atoms with Crippen molar-refractivity contribution in [1.29, 1.82) is 0 Å². The molecule has 10 atom stereocenters. The third-order valence-corrected chi connectivity index (χ3v) is 9.06. The van der Waals surface area contributed by atoms with E-state index in [2.05, 4.69) is 5.32 Å². The lowest BCUT2D eigenvalue weighted by atomic mass is 9.66. The van der Waals surface area contributed by atoms with E-state index < -0.39 is 12.2 Å². The van der Waals surface area contributed by atoms with Crippen molar-refractivity contribution in [2.75, 3.05) is 13.7 Å². The topological polar surface area (TPSA) is 145 Å². The Labute approximate surface area is 222 Å². The molecule has 3 fully saturated rings. The minimum absolute atomic E-state index is 0.0927. The molecule has 37 heavy (non-hydrogen) atoms. The van der Waals surface area contributed by atoms with Crippen molar-refractivity contribution >= 4 is 11.9 Å². The first-order chi connectivity index (χ1) is 17.7. The number of esters is 2. The Hall–Kier alpha value is -1.26. The summed E-state index contributed by atoms with van der Waals surface area (Å²) in [5.41, 5.74) is 6.26. The van der Waals surface area contributed by atoms with Crippen LogP contribution in [0.1, 0.15) is 90.9 Å². The Morgan fingerprint density at radius 2 is 1.65 bits per heavy atom. The molecule has 9 nitrogen and oxygen atoms in total. The molecule has 3 rings (SSSR count). The highest BCUT2D eigenvalue weighted by Crippen LogP contribution is 2.42. The van der Waals surface area contributed by atoms with Gasteiger partial charge in [-0.3, -0.25) is 15.3 Å². The standard InChI is InChI=1S/C28H50N2O7/c1-17(31)36-22(15-23(37-18(2)32)12-21-6-4-5-7-25(21)33)9-8-19-13-27(35-3)26(34)16-24(19)20-10-11-30-28(29)14-20/h19-28,30,33-34H,4-16,29H2,1-3H3/p+1. The van der Waals surface area contributed by atoms with Crippen LogP contribution in [0.25, 0.3) is 0 Å². The van der Waals surface area contributed by atoms with E-state index in [0.29, 0.717) is 43.4 Å². The maximum Gasteiger partial charge on any atom is 0.302 e. The van der Waals surface area contributed by atoms with Gasteiger partial charge >= 0.3 is 11.9 Å². The second kappa shape index (κ2) is 14.8. The molecular formula is C28H51N2O7+. The van der Waals surface area contributed by atoms with Gasteiger partial charge in [-0.25, -0.2) is 0 Å². The van der Waals surface area contributed by atoms with Gasteiger partial charge in [0, 0.05) is 33.8 Å². The maximum atomic E-state index is 12.0. The summed E-state index contributed by atoms with van der Waals surface area (Å²) in [5.74, 6) is 0.533. The van der Waals surface area contributed by atoms with Crippen LogP contribution >= 0.6 is 0 Å². The number of hydrogen-bond donors (Lipinski definition) is 4. The number of aliphatic hydroxyl groups is 2. The largest absolute Gasteiger partial charge is 0.462 e. The van der Waals surface area contributed by atoms with Crippen LogP contribution in [-0.4, -0.2) is 72.5 Å². The highest BCUT2D eigenvalue weighted by Gasteiger charge is 2.42. The summed E-state index contributed by atoms with van der Waals surface area (Å²) < 4.78 is 17.0. The summed E-state index contributed by atoms with van der Waals surface area (Å²) in [5, 5.41) is 23.4. The number of quaternary nitrogens is 1. The molecule has 1 heterocycles. The van der Waals surface area contributed by atoms with E-state index in [9.17, 15) is 19.8 Å². The van der Waals surface area contributed by atoms with E-state index in [1.807, 2.05) is 0 Å². The summed E-state index contributed by atoms with van der Waals surface area (Å²) in [6.07, 6.45) is 8.07. The van der Waals surface area contributed by atoms with Crippen molar-refractivity contribution in [2.24, 2.45) is 29.4 Å². The van der Waals surface area contributed by atoms with Crippen molar-refractivity contribution in [2.45, 2.75) is 128 Å². The Balaban J connectivity index is 1.68. The maximum absolute atomic E-state index is 12.0.